The van der Waals surface area contributed by atoms with Crippen LogP contribution in [0.25, 0.3) is 0 Å². The lowest BCUT2D eigenvalue weighted by atomic mass is 9.89. The van der Waals surface area contributed by atoms with Gasteiger partial charge in [0.1, 0.15) is 0 Å². The van der Waals surface area contributed by atoms with Crippen LogP contribution in [0.5, 0.6) is 0 Å². The lowest BCUT2D eigenvalue weighted by Gasteiger charge is -2.22. The van der Waals surface area contributed by atoms with Crippen molar-refractivity contribution in [1.82, 2.24) is 10.6 Å². The lowest BCUT2D eigenvalue weighted by molar-refractivity contribution is 0.0510. The molecule has 1 saturated heterocycles. The van der Waals surface area contributed by atoms with E-state index >= 15 is 0 Å². The Morgan fingerprint density at radius 2 is 1.88 bits per heavy atom. The molecule has 0 radical (unpaired) electrons. The molecule has 0 aromatic heterocycles. The highest BCUT2D eigenvalue weighted by atomic mass is 16.5. The predicted molar refractivity (Wildman–Crippen MR) is 71.2 cm³/mol. The number of rotatable bonds is 6. The van der Waals surface area contributed by atoms with Crippen LogP contribution in [0.1, 0.15) is 40.5 Å². The van der Waals surface area contributed by atoms with Crippen molar-refractivity contribution in [3.05, 3.63) is 0 Å². The fourth-order valence-corrected chi connectivity index (χ4v) is 2.73. The Labute approximate surface area is 106 Å². The van der Waals surface area contributed by atoms with Crippen molar-refractivity contribution in [3.8, 4) is 0 Å². The third kappa shape index (κ3) is 3.67. The molecule has 0 aromatic rings. The van der Waals surface area contributed by atoms with Crippen molar-refractivity contribution in [1.29, 1.82) is 0 Å². The van der Waals surface area contributed by atoms with Crippen LogP contribution >= 0.6 is 0 Å². The Morgan fingerprint density at radius 3 is 2.41 bits per heavy atom. The zero-order chi connectivity index (χ0) is 12.4. The Hall–Kier alpha value is -0.120. The van der Waals surface area contributed by atoms with Gasteiger partial charge in [-0.05, 0) is 39.5 Å². The molecule has 5 atom stereocenters. The minimum atomic E-state index is 0.399. The van der Waals surface area contributed by atoms with E-state index in [2.05, 4.69) is 38.3 Å². The lowest BCUT2D eigenvalue weighted by Crippen LogP contribution is -2.41. The maximum atomic E-state index is 5.87. The molecule has 1 aliphatic heterocycles. The van der Waals surface area contributed by atoms with E-state index in [0.717, 1.165) is 19.1 Å². The van der Waals surface area contributed by atoms with Gasteiger partial charge in [0.2, 0.25) is 0 Å². The molecule has 1 aliphatic carbocycles. The van der Waals surface area contributed by atoms with Gasteiger partial charge in [-0.2, -0.15) is 0 Å². The molecule has 0 bridgehead atoms. The van der Waals surface area contributed by atoms with Gasteiger partial charge in [0, 0.05) is 31.1 Å². The van der Waals surface area contributed by atoms with Crippen LogP contribution < -0.4 is 10.6 Å². The van der Waals surface area contributed by atoms with Gasteiger partial charge in [-0.25, -0.2) is 0 Å². The summed E-state index contributed by atoms with van der Waals surface area (Å²) in [4.78, 5) is 0. The van der Waals surface area contributed by atoms with Crippen LogP contribution in [-0.2, 0) is 4.74 Å². The minimum Gasteiger partial charge on any atom is -0.375 e. The first-order valence-electron chi connectivity index (χ1n) is 7.20. The van der Waals surface area contributed by atoms with Crippen molar-refractivity contribution < 1.29 is 4.74 Å². The molecule has 1 heterocycles. The van der Waals surface area contributed by atoms with Crippen LogP contribution in [-0.4, -0.2) is 37.4 Å². The van der Waals surface area contributed by atoms with E-state index in [0.29, 0.717) is 30.1 Å². The molecule has 0 amide bonds. The van der Waals surface area contributed by atoms with Gasteiger partial charge in [0.15, 0.2) is 0 Å². The molecule has 0 aromatic carbocycles. The topological polar surface area (TPSA) is 33.3 Å². The Bertz CT molecular complexity index is 242. The highest BCUT2D eigenvalue weighted by Gasteiger charge is 2.36. The summed E-state index contributed by atoms with van der Waals surface area (Å²) in [5.41, 5.74) is 0. The van der Waals surface area contributed by atoms with Gasteiger partial charge < -0.3 is 15.4 Å². The van der Waals surface area contributed by atoms with E-state index in [-0.39, 0.29) is 0 Å². The van der Waals surface area contributed by atoms with E-state index in [9.17, 15) is 0 Å². The third-order valence-corrected chi connectivity index (χ3v) is 4.44. The van der Waals surface area contributed by atoms with E-state index in [1.807, 2.05) is 0 Å². The molecule has 1 saturated carbocycles. The second kappa shape index (κ2) is 5.68. The molecule has 17 heavy (non-hydrogen) atoms. The molecular weight excluding hydrogens is 212 g/mol. The number of hydrogen-bond acceptors (Lipinski definition) is 3. The van der Waals surface area contributed by atoms with Crippen molar-refractivity contribution >= 4 is 0 Å². The summed E-state index contributed by atoms with van der Waals surface area (Å²) in [6, 6.07) is 1.37. The summed E-state index contributed by atoms with van der Waals surface area (Å²) in [5, 5.41) is 7.22. The van der Waals surface area contributed by atoms with Gasteiger partial charge in [-0.15, -0.1) is 0 Å². The molecule has 3 nitrogen and oxygen atoms in total. The molecule has 2 aliphatic rings. The van der Waals surface area contributed by atoms with Gasteiger partial charge in [0.25, 0.3) is 0 Å². The fraction of sp³-hybridized carbons (Fsp3) is 1.00. The molecule has 0 spiro atoms. The third-order valence-electron chi connectivity index (χ3n) is 4.44. The fourth-order valence-electron chi connectivity index (χ4n) is 2.73. The van der Waals surface area contributed by atoms with E-state index < -0.39 is 0 Å². The average molecular weight is 240 g/mol. The summed E-state index contributed by atoms with van der Waals surface area (Å²) in [6.45, 7) is 11.2. The number of nitrogens with one attached hydrogen (secondary N) is 2. The zero-order valence-electron chi connectivity index (χ0n) is 11.7. The van der Waals surface area contributed by atoms with Crippen LogP contribution in [0.3, 0.4) is 0 Å². The summed E-state index contributed by atoms with van der Waals surface area (Å²) in [6.07, 6.45) is 3.55. The highest BCUT2D eigenvalue weighted by Crippen LogP contribution is 2.31. The summed E-state index contributed by atoms with van der Waals surface area (Å²) in [7, 11) is 0. The van der Waals surface area contributed by atoms with Crippen molar-refractivity contribution in [2.24, 2.45) is 11.8 Å². The monoisotopic (exact) mass is 240 g/mol. The summed E-state index contributed by atoms with van der Waals surface area (Å²) >= 11 is 0. The first-order chi connectivity index (χ1) is 8.08. The van der Waals surface area contributed by atoms with Gasteiger partial charge >= 0.3 is 0 Å². The standard InChI is InChI=1S/C14H28N2O/c1-9(7-16-13-5-6-13)15-8-14-10(2)11(3)17-12(14)4/h9-16H,5-8H2,1-4H3. The summed E-state index contributed by atoms with van der Waals surface area (Å²) in [5.74, 6) is 1.33. The zero-order valence-corrected chi connectivity index (χ0v) is 11.7. The molecular formula is C14H28N2O. The average Bonchev–Trinajstić information content (AvgIpc) is 3.06. The van der Waals surface area contributed by atoms with Crippen LogP contribution in [0.15, 0.2) is 0 Å². The summed E-state index contributed by atoms with van der Waals surface area (Å²) < 4.78 is 5.87. The maximum absolute atomic E-state index is 5.87. The largest absolute Gasteiger partial charge is 0.375 e. The SMILES string of the molecule is CC(CNC1CC1)NCC1C(C)OC(C)C1C. The minimum absolute atomic E-state index is 0.399. The van der Waals surface area contributed by atoms with Gasteiger partial charge in [-0.3, -0.25) is 0 Å². The van der Waals surface area contributed by atoms with Crippen LogP contribution in [0.2, 0.25) is 0 Å². The first kappa shape index (κ1) is 13.3. The molecule has 2 N–H and O–H groups in total. The van der Waals surface area contributed by atoms with Crippen LogP contribution in [0, 0.1) is 11.8 Å². The quantitative estimate of drug-likeness (QED) is 0.742. The Balaban J connectivity index is 1.65. The molecule has 3 heteroatoms. The van der Waals surface area contributed by atoms with Gasteiger partial charge in [-0.1, -0.05) is 6.92 Å². The van der Waals surface area contributed by atoms with Crippen LogP contribution in [0.4, 0.5) is 0 Å². The molecule has 5 unspecified atom stereocenters. The second-order valence-corrected chi connectivity index (χ2v) is 6.06. The predicted octanol–water partition coefficient (Wildman–Crippen LogP) is 1.78. The van der Waals surface area contributed by atoms with Crippen molar-refractivity contribution in [2.45, 2.75) is 64.8 Å². The Kier molecular flexibility index (Phi) is 4.45. The second-order valence-electron chi connectivity index (χ2n) is 6.06. The number of hydrogen-bond donors (Lipinski definition) is 2. The smallest absolute Gasteiger partial charge is 0.0594 e. The van der Waals surface area contributed by atoms with E-state index in [1.165, 1.54) is 12.8 Å². The van der Waals surface area contributed by atoms with Crippen molar-refractivity contribution in [2.75, 3.05) is 13.1 Å². The molecule has 100 valence electrons. The van der Waals surface area contributed by atoms with E-state index in [1.54, 1.807) is 0 Å². The highest BCUT2D eigenvalue weighted by molar-refractivity contribution is 4.87. The normalized spacial score (nSPS) is 39.5. The van der Waals surface area contributed by atoms with E-state index in [4.69, 9.17) is 4.74 Å². The number of ether oxygens (including phenoxy) is 1. The first-order valence-corrected chi connectivity index (χ1v) is 7.20. The molecule has 2 fully saturated rings. The Morgan fingerprint density at radius 1 is 1.18 bits per heavy atom. The maximum Gasteiger partial charge on any atom is 0.0594 e. The molecule has 2 rings (SSSR count). The van der Waals surface area contributed by atoms with Gasteiger partial charge in [0.05, 0.1) is 12.2 Å². The van der Waals surface area contributed by atoms with Crippen molar-refractivity contribution in [3.63, 3.8) is 0 Å².